The van der Waals surface area contributed by atoms with Gasteiger partial charge in [0.2, 0.25) is 0 Å². The zero-order chi connectivity index (χ0) is 21.3. The highest BCUT2D eigenvalue weighted by molar-refractivity contribution is 5.75. The van der Waals surface area contributed by atoms with E-state index in [0.717, 1.165) is 61.0 Å². The second-order valence-corrected chi connectivity index (χ2v) is 8.48. The van der Waals surface area contributed by atoms with Crippen LogP contribution in [0.2, 0.25) is 0 Å². The van der Waals surface area contributed by atoms with Gasteiger partial charge in [-0.15, -0.1) is 0 Å². The highest BCUT2D eigenvalue weighted by Gasteiger charge is 2.24. The number of ether oxygens (including phenoxy) is 1. The van der Waals surface area contributed by atoms with Gasteiger partial charge < -0.3 is 4.74 Å². The molecular weight excluding hydrogens is 358 g/mol. The molecule has 29 heavy (non-hydrogen) atoms. The van der Waals surface area contributed by atoms with Crippen molar-refractivity contribution in [2.45, 2.75) is 85.2 Å². The minimum Gasteiger partial charge on any atom is -0.443 e. The second-order valence-electron chi connectivity index (χ2n) is 8.48. The number of aromatic nitrogens is 1. The number of hydrogen-bond acceptors (Lipinski definition) is 2. The first-order valence-electron chi connectivity index (χ1n) is 10.8. The lowest BCUT2D eigenvalue weighted by molar-refractivity contribution is 0.0529. The maximum atomic E-state index is 13.1. The van der Waals surface area contributed by atoms with Gasteiger partial charge in [-0.2, -0.15) is 0 Å². The van der Waals surface area contributed by atoms with Crippen LogP contribution in [0.3, 0.4) is 0 Å². The Kier molecular flexibility index (Phi) is 8.58. The molecule has 0 N–H and O–H groups in total. The van der Waals surface area contributed by atoms with Crippen molar-refractivity contribution < 1.29 is 9.53 Å². The minimum absolute atomic E-state index is 0.309. The lowest BCUT2D eigenvalue weighted by Crippen LogP contribution is -2.29. The van der Waals surface area contributed by atoms with Gasteiger partial charge in [0.25, 0.3) is 0 Å². The lowest BCUT2D eigenvalue weighted by atomic mass is 10.1. The summed E-state index contributed by atoms with van der Waals surface area (Å²) in [5.74, 6) is 6.64. The number of aryl methyl sites for hydroxylation is 1. The first-order valence-corrected chi connectivity index (χ1v) is 10.8. The van der Waals surface area contributed by atoms with E-state index in [0.29, 0.717) is 6.42 Å². The van der Waals surface area contributed by atoms with Crippen LogP contribution in [0.5, 0.6) is 0 Å². The summed E-state index contributed by atoms with van der Waals surface area (Å²) in [5.41, 5.74) is 3.49. The Hall–Kier alpha value is -2.47. The number of nitrogens with zero attached hydrogens (tertiary/aromatic N) is 1. The van der Waals surface area contributed by atoms with Crippen LogP contribution in [-0.4, -0.2) is 16.3 Å². The summed E-state index contributed by atoms with van der Waals surface area (Å²) in [6.07, 6.45) is 6.39. The van der Waals surface area contributed by atoms with Crippen LogP contribution < -0.4 is 0 Å². The van der Waals surface area contributed by atoms with Gasteiger partial charge in [-0.25, -0.2) is 4.79 Å². The second kappa shape index (κ2) is 10.9. The molecule has 0 radical (unpaired) electrons. The molecule has 1 heterocycles. The van der Waals surface area contributed by atoms with E-state index in [1.54, 1.807) is 4.57 Å². The first kappa shape index (κ1) is 22.8. The average molecular weight is 394 g/mol. The number of unbranched alkanes of at least 4 members (excludes halogenated alkanes) is 3. The van der Waals surface area contributed by atoms with Crippen LogP contribution in [0.15, 0.2) is 36.4 Å². The molecule has 0 aliphatic carbocycles. The Labute approximate surface area is 176 Å². The molecule has 0 bridgehead atoms. The molecular formula is C26H35NO2. The number of benzene rings is 1. The van der Waals surface area contributed by atoms with E-state index in [2.05, 4.69) is 43.9 Å². The van der Waals surface area contributed by atoms with Gasteiger partial charge in [-0.3, -0.25) is 4.57 Å². The molecule has 2 aromatic rings. The normalized spacial score (nSPS) is 11.1. The molecule has 2 rings (SSSR count). The highest BCUT2D eigenvalue weighted by atomic mass is 16.6. The zero-order valence-electron chi connectivity index (χ0n) is 18.7. The number of carbonyl (C=O) groups is 1. The Balaban J connectivity index is 2.52. The predicted molar refractivity (Wildman–Crippen MR) is 120 cm³/mol. The van der Waals surface area contributed by atoms with Gasteiger partial charge in [-0.1, -0.05) is 68.9 Å². The van der Waals surface area contributed by atoms with Crippen LogP contribution in [-0.2, 0) is 17.6 Å². The topological polar surface area (TPSA) is 31.2 Å². The zero-order valence-corrected chi connectivity index (χ0v) is 18.7. The van der Waals surface area contributed by atoms with Crippen molar-refractivity contribution in [1.82, 2.24) is 4.57 Å². The minimum atomic E-state index is -0.541. The van der Waals surface area contributed by atoms with E-state index in [4.69, 9.17) is 4.74 Å². The summed E-state index contributed by atoms with van der Waals surface area (Å²) < 4.78 is 7.53. The molecule has 3 heteroatoms. The molecule has 0 unspecified atom stereocenters. The van der Waals surface area contributed by atoms with Gasteiger partial charge in [-0.05, 0) is 51.7 Å². The molecule has 0 amide bonds. The van der Waals surface area contributed by atoms with E-state index in [-0.39, 0.29) is 6.09 Å². The summed E-state index contributed by atoms with van der Waals surface area (Å²) in [7, 11) is 0. The molecule has 0 saturated heterocycles. The summed E-state index contributed by atoms with van der Waals surface area (Å²) in [6.45, 7) is 10.1. The van der Waals surface area contributed by atoms with Crippen LogP contribution in [0.1, 0.15) is 89.2 Å². The first-order chi connectivity index (χ1) is 13.9. The van der Waals surface area contributed by atoms with E-state index in [1.165, 1.54) is 0 Å². The van der Waals surface area contributed by atoms with Crippen LogP contribution >= 0.6 is 0 Å². The molecule has 0 fully saturated rings. The molecule has 0 spiro atoms. The van der Waals surface area contributed by atoms with Crippen molar-refractivity contribution in [2.24, 2.45) is 0 Å². The molecule has 0 atom stereocenters. The van der Waals surface area contributed by atoms with Crippen LogP contribution in [0.4, 0.5) is 4.79 Å². The van der Waals surface area contributed by atoms with E-state index < -0.39 is 5.60 Å². The van der Waals surface area contributed by atoms with Crippen LogP contribution in [0, 0.1) is 11.8 Å². The molecule has 1 aromatic carbocycles. The summed E-state index contributed by atoms with van der Waals surface area (Å²) in [4.78, 5) is 13.1. The molecule has 156 valence electrons. The van der Waals surface area contributed by atoms with Crippen molar-refractivity contribution in [2.75, 3.05) is 0 Å². The van der Waals surface area contributed by atoms with Crippen molar-refractivity contribution in [3.8, 4) is 11.8 Å². The number of hydrogen-bond donors (Lipinski definition) is 0. The summed E-state index contributed by atoms with van der Waals surface area (Å²) >= 11 is 0. The molecule has 0 aliphatic heterocycles. The summed E-state index contributed by atoms with van der Waals surface area (Å²) in [6, 6.07) is 12.3. The van der Waals surface area contributed by atoms with Gasteiger partial charge in [0.15, 0.2) is 0 Å². The summed E-state index contributed by atoms with van der Waals surface area (Å²) in [5, 5.41) is 0. The third kappa shape index (κ3) is 7.13. The quantitative estimate of drug-likeness (QED) is 0.385. The molecule has 0 aliphatic rings. The maximum Gasteiger partial charge on any atom is 0.418 e. The standard InChI is InChI=1S/C26H35NO2/c1-6-8-10-14-17-22-20-23(18-9-7-2)27(25(28)29-26(3,4)5)24(22)19-21-15-12-11-13-16-21/h11-13,15-16,20H,6-10,18-19H2,1-5H3. The van der Waals surface area contributed by atoms with Crippen molar-refractivity contribution in [1.29, 1.82) is 0 Å². The van der Waals surface area contributed by atoms with Crippen LogP contribution in [0.25, 0.3) is 0 Å². The average Bonchev–Trinajstić information content (AvgIpc) is 3.00. The molecule has 0 saturated carbocycles. The Morgan fingerprint density at radius 2 is 1.76 bits per heavy atom. The third-order valence-corrected chi connectivity index (χ3v) is 4.63. The van der Waals surface area contributed by atoms with E-state index in [9.17, 15) is 4.79 Å². The van der Waals surface area contributed by atoms with Gasteiger partial charge in [0.05, 0.1) is 0 Å². The van der Waals surface area contributed by atoms with Crippen molar-refractivity contribution in [3.63, 3.8) is 0 Å². The maximum absolute atomic E-state index is 13.1. The third-order valence-electron chi connectivity index (χ3n) is 4.63. The van der Waals surface area contributed by atoms with E-state index >= 15 is 0 Å². The Morgan fingerprint density at radius 1 is 1.07 bits per heavy atom. The number of carbonyl (C=O) groups excluding carboxylic acids is 1. The monoisotopic (exact) mass is 393 g/mol. The largest absolute Gasteiger partial charge is 0.443 e. The lowest BCUT2D eigenvalue weighted by Gasteiger charge is -2.22. The fraction of sp³-hybridized carbons (Fsp3) is 0.500. The smallest absolute Gasteiger partial charge is 0.418 e. The fourth-order valence-electron chi connectivity index (χ4n) is 3.18. The van der Waals surface area contributed by atoms with Gasteiger partial charge in [0.1, 0.15) is 5.60 Å². The highest BCUT2D eigenvalue weighted by Crippen LogP contribution is 2.23. The SMILES string of the molecule is CCCCC#Cc1cc(CCCC)n(C(=O)OC(C)(C)C)c1Cc1ccccc1. The fourth-order valence-corrected chi connectivity index (χ4v) is 3.18. The van der Waals surface area contributed by atoms with Gasteiger partial charge in [0, 0.05) is 29.8 Å². The van der Waals surface area contributed by atoms with Gasteiger partial charge >= 0.3 is 6.09 Å². The van der Waals surface area contributed by atoms with Crippen molar-refractivity contribution >= 4 is 6.09 Å². The van der Waals surface area contributed by atoms with Crippen molar-refractivity contribution in [3.05, 3.63) is 58.9 Å². The number of rotatable bonds is 7. The Bertz CT molecular complexity index is 845. The predicted octanol–water partition coefficient (Wildman–Crippen LogP) is 6.75. The molecule has 1 aromatic heterocycles. The van der Waals surface area contributed by atoms with E-state index in [1.807, 2.05) is 39.0 Å². The molecule has 3 nitrogen and oxygen atoms in total. The Morgan fingerprint density at radius 3 is 2.38 bits per heavy atom.